The number of aryl methyl sites for hydroxylation is 1. The first-order valence-electron chi connectivity index (χ1n) is 9.31. The summed E-state index contributed by atoms with van der Waals surface area (Å²) in [7, 11) is 0. The molecule has 0 atom stereocenters. The molecule has 0 aliphatic carbocycles. The molecule has 0 aliphatic rings. The van der Waals surface area contributed by atoms with Gasteiger partial charge < -0.3 is 19.6 Å². The molecule has 152 valence electrons. The summed E-state index contributed by atoms with van der Waals surface area (Å²) < 4.78 is 10.4. The van der Waals surface area contributed by atoms with Gasteiger partial charge in [-0.25, -0.2) is 4.79 Å². The molecule has 8 heteroatoms. The van der Waals surface area contributed by atoms with Gasteiger partial charge in [0.1, 0.15) is 22.7 Å². The molecular weight excluding hydrogens is 406 g/mol. The average Bonchev–Trinajstić information content (AvgIpc) is 3.29. The molecule has 0 unspecified atom stereocenters. The number of aromatic amines is 1. The van der Waals surface area contributed by atoms with E-state index in [1.54, 1.807) is 44.2 Å². The summed E-state index contributed by atoms with van der Waals surface area (Å²) in [5.41, 5.74) is 2.34. The third-order valence-corrected chi connectivity index (χ3v) is 4.97. The van der Waals surface area contributed by atoms with E-state index in [1.807, 2.05) is 18.2 Å². The fourth-order valence-corrected chi connectivity index (χ4v) is 3.51. The van der Waals surface area contributed by atoms with Gasteiger partial charge in [0, 0.05) is 16.5 Å². The zero-order valence-corrected chi connectivity index (χ0v) is 17.0. The standard InChI is InChI=1S/C22H18ClN3O4/c1-3-29-22(28)20-19(14-9-5-7-11-16(14)24-20)25-21(27)17-12(2)30-26-18(17)13-8-4-6-10-15(13)23/h4-11,24H,3H2,1-2H3,(H,25,27). The van der Waals surface area contributed by atoms with Crippen LogP contribution in [0.1, 0.15) is 33.5 Å². The minimum Gasteiger partial charge on any atom is -0.461 e. The molecule has 0 fully saturated rings. The number of para-hydroxylation sites is 1. The minimum absolute atomic E-state index is 0.166. The number of halogens is 1. The predicted molar refractivity (Wildman–Crippen MR) is 114 cm³/mol. The van der Waals surface area contributed by atoms with Crippen molar-refractivity contribution in [1.82, 2.24) is 10.1 Å². The number of rotatable bonds is 5. The van der Waals surface area contributed by atoms with Crippen LogP contribution in [0.2, 0.25) is 5.02 Å². The van der Waals surface area contributed by atoms with Gasteiger partial charge in [0.25, 0.3) is 5.91 Å². The lowest BCUT2D eigenvalue weighted by atomic mass is 10.1. The Hall–Kier alpha value is -3.58. The number of fused-ring (bicyclic) bond motifs is 1. The topological polar surface area (TPSA) is 97.2 Å². The van der Waals surface area contributed by atoms with Gasteiger partial charge >= 0.3 is 5.97 Å². The summed E-state index contributed by atoms with van der Waals surface area (Å²) in [6.07, 6.45) is 0. The number of ether oxygens (including phenoxy) is 1. The highest BCUT2D eigenvalue weighted by Crippen LogP contribution is 2.33. The highest BCUT2D eigenvalue weighted by atomic mass is 35.5. The fraction of sp³-hybridized carbons (Fsp3) is 0.136. The number of aromatic nitrogens is 2. The lowest BCUT2D eigenvalue weighted by molar-refractivity contribution is 0.0522. The van der Waals surface area contributed by atoms with Crippen molar-refractivity contribution in [3.63, 3.8) is 0 Å². The van der Waals surface area contributed by atoms with Crippen molar-refractivity contribution >= 4 is 40.1 Å². The van der Waals surface area contributed by atoms with Crippen LogP contribution in [-0.4, -0.2) is 28.6 Å². The van der Waals surface area contributed by atoms with Gasteiger partial charge in [-0.3, -0.25) is 4.79 Å². The zero-order chi connectivity index (χ0) is 21.3. The number of esters is 1. The molecule has 1 amide bonds. The van der Waals surface area contributed by atoms with Gasteiger partial charge in [0.05, 0.1) is 17.3 Å². The van der Waals surface area contributed by atoms with Crippen LogP contribution in [0, 0.1) is 6.92 Å². The smallest absolute Gasteiger partial charge is 0.356 e. The summed E-state index contributed by atoms with van der Waals surface area (Å²) in [5, 5.41) is 7.98. The Balaban J connectivity index is 1.78. The first-order chi connectivity index (χ1) is 14.5. The molecule has 7 nitrogen and oxygen atoms in total. The Morgan fingerprint density at radius 2 is 1.90 bits per heavy atom. The van der Waals surface area contributed by atoms with E-state index < -0.39 is 11.9 Å². The molecular formula is C22H18ClN3O4. The van der Waals surface area contributed by atoms with Gasteiger partial charge in [0.2, 0.25) is 0 Å². The van der Waals surface area contributed by atoms with Crippen LogP contribution in [-0.2, 0) is 4.74 Å². The molecule has 0 radical (unpaired) electrons. The van der Waals surface area contributed by atoms with E-state index in [2.05, 4.69) is 15.5 Å². The number of carbonyl (C=O) groups is 2. The number of benzene rings is 2. The van der Waals surface area contributed by atoms with Crippen LogP contribution in [0.5, 0.6) is 0 Å². The van der Waals surface area contributed by atoms with Gasteiger partial charge in [-0.2, -0.15) is 0 Å². The van der Waals surface area contributed by atoms with E-state index in [9.17, 15) is 9.59 Å². The second-order valence-electron chi connectivity index (χ2n) is 6.54. The van der Waals surface area contributed by atoms with Crippen molar-refractivity contribution in [1.29, 1.82) is 0 Å². The van der Waals surface area contributed by atoms with E-state index >= 15 is 0 Å². The summed E-state index contributed by atoms with van der Waals surface area (Å²) in [6.45, 7) is 3.57. The Morgan fingerprint density at radius 3 is 2.67 bits per heavy atom. The third kappa shape index (κ3) is 3.44. The molecule has 0 saturated heterocycles. The monoisotopic (exact) mass is 423 g/mol. The van der Waals surface area contributed by atoms with Gasteiger partial charge in [-0.05, 0) is 26.0 Å². The summed E-state index contributed by atoms with van der Waals surface area (Å²) in [6, 6.07) is 14.3. The molecule has 30 heavy (non-hydrogen) atoms. The van der Waals surface area contributed by atoms with Crippen LogP contribution < -0.4 is 5.32 Å². The second-order valence-corrected chi connectivity index (χ2v) is 6.94. The molecule has 0 saturated carbocycles. The van der Waals surface area contributed by atoms with Crippen molar-refractivity contribution in [2.75, 3.05) is 11.9 Å². The molecule has 4 rings (SSSR count). The SMILES string of the molecule is CCOC(=O)c1[nH]c2ccccc2c1NC(=O)c1c(-c2ccccc2Cl)noc1C. The molecule has 2 N–H and O–H groups in total. The van der Waals surface area contributed by atoms with E-state index in [1.165, 1.54) is 0 Å². The average molecular weight is 424 g/mol. The van der Waals surface area contributed by atoms with Gasteiger partial charge in [-0.1, -0.05) is 53.2 Å². The van der Waals surface area contributed by atoms with Crippen molar-refractivity contribution in [3.05, 3.63) is 70.6 Å². The van der Waals surface area contributed by atoms with Crippen LogP contribution >= 0.6 is 11.6 Å². The Kier molecular flexibility index (Phi) is 5.29. The molecule has 0 aliphatic heterocycles. The number of anilines is 1. The van der Waals surface area contributed by atoms with Crippen molar-refractivity contribution < 1.29 is 18.8 Å². The predicted octanol–water partition coefficient (Wildman–Crippen LogP) is 5.21. The normalized spacial score (nSPS) is 10.9. The largest absolute Gasteiger partial charge is 0.461 e. The summed E-state index contributed by atoms with van der Waals surface area (Å²) in [5.74, 6) is -0.698. The summed E-state index contributed by atoms with van der Waals surface area (Å²) in [4.78, 5) is 28.7. The maximum absolute atomic E-state index is 13.3. The lowest BCUT2D eigenvalue weighted by Gasteiger charge is -2.08. The number of carbonyl (C=O) groups excluding carboxylic acids is 2. The molecule has 2 heterocycles. The van der Waals surface area contributed by atoms with Crippen molar-refractivity contribution in [3.8, 4) is 11.3 Å². The van der Waals surface area contributed by atoms with Crippen LogP contribution in [0.15, 0.2) is 53.1 Å². The van der Waals surface area contributed by atoms with Gasteiger partial charge in [-0.15, -0.1) is 0 Å². The maximum atomic E-state index is 13.3. The number of nitrogens with zero attached hydrogens (tertiary/aromatic N) is 1. The zero-order valence-electron chi connectivity index (χ0n) is 16.3. The van der Waals surface area contributed by atoms with E-state index in [0.29, 0.717) is 38.6 Å². The summed E-state index contributed by atoms with van der Waals surface area (Å²) >= 11 is 6.29. The number of hydrogen-bond acceptors (Lipinski definition) is 5. The number of nitrogens with one attached hydrogen (secondary N) is 2. The van der Waals surface area contributed by atoms with Gasteiger partial charge in [0.15, 0.2) is 0 Å². The van der Waals surface area contributed by atoms with Crippen molar-refractivity contribution in [2.45, 2.75) is 13.8 Å². The first-order valence-corrected chi connectivity index (χ1v) is 9.69. The second kappa shape index (κ2) is 8.04. The Labute approximate surface area is 177 Å². The van der Waals surface area contributed by atoms with Crippen LogP contribution in [0.25, 0.3) is 22.2 Å². The van der Waals surface area contributed by atoms with Crippen LogP contribution in [0.3, 0.4) is 0 Å². The van der Waals surface area contributed by atoms with E-state index in [0.717, 1.165) is 0 Å². The first kappa shape index (κ1) is 19.7. The highest BCUT2D eigenvalue weighted by molar-refractivity contribution is 6.33. The Bertz CT molecular complexity index is 1260. The number of hydrogen-bond donors (Lipinski definition) is 2. The highest BCUT2D eigenvalue weighted by Gasteiger charge is 2.26. The molecule has 4 aromatic rings. The van der Waals surface area contributed by atoms with Crippen LogP contribution in [0.4, 0.5) is 5.69 Å². The molecule has 2 aromatic carbocycles. The molecule has 0 spiro atoms. The van der Waals surface area contributed by atoms with E-state index in [-0.39, 0.29) is 17.9 Å². The number of H-pyrrole nitrogens is 1. The van der Waals surface area contributed by atoms with E-state index in [4.69, 9.17) is 20.9 Å². The Morgan fingerprint density at radius 1 is 1.17 bits per heavy atom. The molecule has 2 aromatic heterocycles. The third-order valence-electron chi connectivity index (χ3n) is 4.64. The van der Waals surface area contributed by atoms with Crippen molar-refractivity contribution in [2.24, 2.45) is 0 Å². The maximum Gasteiger partial charge on any atom is 0.356 e. The minimum atomic E-state index is -0.558. The number of amides is 1. The quantitative estimate of drug-likeness (QED) is 0.429. The lowest BCUT2D eigenvalue weighted by Crippen LogP contribution is -2.16. The molecule has 0 bridgehead atoms. The fourth-order valence-electron chi connectivity index (χ4n) is 3.28.